The average Bonchev–Trinajstić information content (AvgIpc) is 3.54. The van der Waals surface area contributed by atoms with Crippen molar-refractivity contribution >= 4 is 61.5 Å². The zero-order chi connectivity index (χ0) is 52.0. The van der Waals surface area contributed by atoms with E-state index in [4.69, 9.17) is 19.9 Å². The normalized spacial score (nSPS) is 12.1. The van der Waals surface area contributed by atoms with Crippen LogP contribution in [0.5, 0.6) is 11.5 Å². The summed E-state index contributed by atoms with van der Waals surface area (Å²) in [6.45, 7) is 0.972. The molecule has 2 atom stereocenters. The van der Waals surface area contributed by atoms with E-state index in [0.29, 0.717) is 22.3 Å². The second-order valence-electron chi connectivity index (χ2n) is 18.7. The molecule has 77 heavy (non-hydrogen) atoms. The Balaban J connectivity index is 0.00000130. The van der Waals surface area contributed by atoms with Crippen molar-refractivity contribution in [3.8, 4) is 56.0 Å². The van der Waals surface area contributed by atoms with E-state index in [1.54, 1.807) is 12.4 Å². The third kappa shape index (κ3) is 10.5. The minimum absolute atomic E-state index is 0. The van der Waals surface area contributed by atoms with Crippen LogP contribution in [0.15, 0.2) is 265 Å². The Labute approximate surface area is 458 Å². The number of carboxylic acids is 1. The summed E-state index contributed by atoms with van der Waals surface area (Å²) < 4.78 is 0. The number of carboxylic acid groups (broad SMARTS) is 1. The summed E-state index contributed by atoms with van der Waals surface area (Å²) in [6, 6.07) is 84.8. The molecule has 12 aromatic carbocycles. The fourth-order valence-electron chi connectivity index (χ4n) is 10.5. The fraction of sp³-hybridized carbons (Fsp3) is 0.0429. The van der Waals surface area contributed by atoms with Crippen LogP contribution in [-0.4, -0.2) is 18.4 Å². The number of rotatable bonds is 11. The van der Waals surface area contributed by atoms with Crippen LogP contribution < -0.4 is 15.3 Å². The molecule has 0 spiro atoms. The predicted octanol–water partition coefficient (Wildman–Crippen LogP) is 14.9. The van der Waals surface area contributed by atoms with Crippen LogP contribution >= 0.6 is 0 Å². The van der Waals surface area contributed by atoms with Crippen molar-refractivity contribution in [1.82, 2.24) is 0 Å². The molecular weight excluding hydrogens is 988 g/mol. The molecule has 0 saturated carbocycles. The molecule has 0 N–H and O–H groups in total. The van der Waals surface area contributed by atoms with Crippen molar-refractivity contribution in [1.29, 1.82) is 0 Å². The SMILES string of the molecule is CC(=O)[O-].[Mn+3].[O-]c1c(C=NC(c2ccccc2)C(N=Cc2cc3ccccc3c(-c3c(-c4ccccc4)ccc4ccccc34)c2[O-])c2ccccc2)cc2ccccc2c1-c1c(-c2ccccc2)ccc2ccccc12. The van der Waals surface area contributed by atoms with Gasteiger partial charge in [0, 0.05) is 18.4 Å². The van der Waals surface area contributed by atoms with Crippen LogP contribution in [0.3, 0.4) is 0 Å². The molecule has 0 fully saturated rings. The molecule has 0 saturated heterocycles. The molecule has 12 rings (SSSR count). The molecule has 0 aliphatic heterocycles. The van der Waals surface area contributed by atoms with E-state index in [0.717, 1.165) is 94.5 Å². The molecule has 0 bridgehead atoms. The van der Waals surface area contributed by atoms with Gasteiger partial charge in [-0.05, 0) is 129 Å². The molecule has 0 aliphatic rings. The molecule has 0 aromatic heterocycles. The van der Waals surface area contributed by atoms with E-state index >= 15 is 10.2 Å². The van der Waals surface area contributed by atoms with Gasteiger partial charge in [0.05, 0.1) is 0 Å². The molecule has 0 radical (unpaired) electrons. The number of aliphatic carboxylic acids is 1. The van der Waals surface area contributed by atoms with Gasteiger partial charge in [0.15, 0.2) is 0 Å². The van der Waals surface area contributed by atoms with Crippen molar-refractivity contribution in [2.75, 3.05) is 0 Å². The summed E-state index contributed by atoms with van der Waals surface area (Å²) in [5.74, 6) is -1.30. The van der Waals surface area contributed by atoms with Gasteiger partial charge >= 0.3 is 17.1 Å². The Kier molecular flexibility index (Phi) is 15.3. The zero-order valence-electron chi connectivity index (χ0n) is 42.0. The first-order valence-electron chi connectivity index (χ1n) is 25.3. The molecule has 2 unspecified atom stereocenters. The van der Waals surface area contributed by atoms with Crippen molar-refractivity contribution in [3.05, 3.63) is 277 Å². The summed E-state index contributed by atoms with van der Waals surface area (Å²) in [7, 11) is 0. The molecule has 6 nitrogen and oxygen atoms in total. The Hall–Kier alpha value is -9.39. The van der Waals surface area contributed by atoms with Crippen LogP contribution in [-0.2, 0) is 21.9 Å². The van der Waals surface area contributed by atoms with Crippen LogP contribution in [0.25, 0.3) is 87.6 Å². The molecule has 7 heteroatoms. The smallest absolute Gasteiger partial charge is 0.872 e. The number of hydrogen-bond acceptors (Lipinski definition) is 6. The van der Waals surface area contributed by atoms with Gasteiger partial charge in [0.25, 0.3) is 0 Å². The number of carbonyl (C=O) groups is 1. The monoisotopic (exact) mass is 1040 g/mol. The molecule has 0 aliphatic carbocycles. The van der Waals surface area contributed by atoms with Gasteiger partial charge in [-0.25, -0.2) is 0 Å². The topological polar surface area (TPSA) is 111 Å². The van der Waals surface area contributed by atoms with Gasteiger partial charge < -0.3 is 20.1 Å². The predicted molar refractivity (Wildman–Crippen MR) is 308 cm³/mol. The van der Waals surface area contributed by atoms with Gasteiger partial charge in [-0.2, -0.15) is 0 Å². The first kappa shape index (κ1) is 51.1. The van der Waals surface area contributed by atoms with Gasteiger partial charge in [0.1, 0.15) is 12.1 Å². The largest absolute Gasteiger partial charge is 3.00 e. The molecule has 12 aromatic rings. The van der Waals surface area contributed by atoms with E-state index in [2.05, 4.69) is 109 Å². The number of carbonyl (C=O) groups excluding carboxylic acids is 1. The van der Waals surface area contributed by atoms with E-state index in [-0.39, 0.29) is 28.6 Å². The van der Waals surface area contributed by atoms with Crippen molar-refractivity contribution in [2.24, 2.45) is 9.98 Å². The first-order valence-corrected chi connectivity index (χ1v) is 25.3. The Morgan fingerprint density at radius 1 is 0.377 bits per heavy atom. The molecular formula is C70H49MnN2O4. The molecule has 0 heterocycles. The number of benzene rings is 12. The average molecular weight is 1040 g/mol. The summed E-state index contributed by atoms with van der Waals surface area (Å²) in [4.78, 5) is 19.7. The Morgan fingerprint density at radius 2 is 0.662 bits per heavy atom. The third-order valence-electron chi connectivity index (χ3n) is 13.9. The number of fused-ring (bicyclic) bond motifs is 4. The zero-order valence-corrected chi connectivity index (χ0v) is 43.1. The molecule has 370 valence electrons. The number of hydrogen-bond donors (Lipinski definition) is 0. The van der Waals surface area contributed by atoms with Crippen molar-refractivity contribution in [2.45, 2.75) is 19.0 Å². The second kappa shape index (κ2) is 23.0. The van der Waals surface area contributed by atoms with Crippen LogP contribution in [0.4, 0.5) is 0 Å². The maximum Gasteiger partial charge on any atom is 3.00 e. The summed E-state index contributed by atoms with van der Waals surface area (Å²) in [6.07, 6.45) is 3.49. The van der Waals surface area contributed by atoms with Crippen LogP contribution in [0.1, 0.15) is 41.3 Å². The minimum Gasteiger partial charge on any atom is -0.872 e. The van der Waals surface area contributed by atoms with E-state index < -0.39 is 18.1 Å². The van der Waals surface area contributed by atoms with Gasteiger partial charge in [-0.1, -0.05) is 254 Å². The van der Waals surface area contributed by atoms with Gasteiger partial charge in [0.2, 0.25) is 0 Å². The maximum atomic E-state index is 15.4. The summed E-state index contributed by atoms with van der Waals surface area (Å²) >= 11 is 0. The van der Waals surface area contributed by atoms with Crippen molar-refractivity contribution < 1.29 is 37.2 Å². The Morgan fingerprint density at radius 3 is 1.01 bits per heavy atom. The third-order valence-corrected chi connectivity index (χ3v) is 13.9. The van der Waals surface area contributed by atoms with E-state index in [9.17, 15) is 0 Å². The number of nitrogens with zero attached hydrogens (tertiary/aromatic N) is 2. The minimum atomic E-state index is -1.08. The summed E-state index contributed by atoms with van der Waals surface area (Å²) in [5, 5.41) is 47.5. The van der Waals surface area contributed by atoms with Crippen LogP contribution in [0.2, 0.25) is 0 Å². The van der Waals surface area contributed by atoms with E-state index in [1.807, 2.05) is 146 Å². The maximum absolute atomic E-state index is 15.4. The van der Waals surface area contributed by atoms with Gasteiger partial charge in [-0.15, -0.1) is 0 Å². The van der Waals surface area contributed by atoms with Gasteiger partial charge in [-0.3, -0.25) is 9.98 Å². The van der Waals surface area contributed by atoms with Crippen molar-refractivity contribution in [3.63, 3.8) is 0 Å². The molecule has 0 amide bonds. The quantitative estimate of drug-likeness (QED) is 0.0949. The summed E-state index contributed by atoms with van der Waals surface area (Å²) in [5.41, 5.74) is 9.85. The second-order valence-corrected chi connectivity index (χ2v) is 18.7. The van der Waals surface area contributed by atoms with E-state index in [1.165, 1.54) is 0 Å². The standard InChI is InChI=1S/C68H48N2O2.C2H4O2.Mn/c71-67-53(41-51-31-15-19-35-57(51)63(67)61-55-33-17-13-25-47(55)37-39-59(61)45-21-5-1-6-22-45)43-69-65(49-27-9-3-10-28-49)66(50-29-11-4-12-30-50)70-44-54-42-52-32-16-20-36-58(52)64(68(54)72)62-56-34-18-14-26-48(56)38-40-60(62)46-23-7-2-8-24-46;1-2(3)4;/h1-44,65-66,71-72H;1H3,(H,3,4);/q;;+3/p-3. The first-order chi connectivity index (χ1) is 37.3. The van der Waals surface area contributed by atoms with Crippen LogP contribution in [0, 0.1) is 0 Å². The Bertz CT molecular complexity index is 3860. The number of aliphatic imine (C=N–C) groups is 2. The fourth-order valence-corrected chi connectivity index (χ4v) is 10.5.